The first-order valence-corrected chi connectivity index (χ1v) is 46.6. The van der Waals surface area contributed by atoms with Crippen LogP contribution in [-0.2, 0) is 75.9 Å². The number of aliphatic hydroxyl groups excluding tert-OH is 1. The minimum atomic E-state index is -5.90. The second-order valence-corrected chi connectivity index (χ2v) is 43.8. The molecule has 0 radical (unpaired) electrons. The number of carbonyl (C=O) groups excluding carboxylic acids is 4. The summed E-state index contributed by atoms with van der Waals surface area (Å²) in [6.45, 7) is 32.9. The quantitative estimate of drug-likeness (QED) is 0.0180. The monoisotopic (exact) mass is 1540 g/mol. The normalized spacial score (nSPS) is 22.2. The van der Waals surface area contributed by atoms with E-state index in [0.717, 1.165) is 6.04 Å². The van der Waals surface area contributed by atoms with Crippen molar-refractivity contribution in [2.75, 3.05) is 104 Å². The van der Waals surface area contributed by atoms with Crippen molar-refractivity contribution in [3.8, 4) is 0 Å². The SMILES string of the molecule is CC(=O)N1CCC[C@@H]1CO[P@@](=S)(OC[C@H]1O[C@@H](n2cc3c4c(ncnc42)N(C(=O)c2ccccc2)CCC3)[C@@H](F)[C@@H]1P(=O)([O-])[O-])O[C@@H]1[C@H](O[Si](C)(C)C(C)(C)C)[C@@H](CO)O[C@H]1n1cnc2c(=O)n(CCOCNC(=O)CNC(=O)OCC[Si](C)(C)C)cnc21.CC[NH+](CC)CC.CC[NH+](CC)CC. The lowest BCUT2D eigenvalue weighted by Gasteiger charge is -2.41. The Kier molecular flexibility index (Phi) is 31.3. The first kappa shape index (κ1) is 84.9. The van der Waals surface area contributed by atoms with E-state index in [2.05, 4.69) is 91.8 Å². The van der Waals surface area contributed by atoms with Gasteiger partial charge < -0.3 is 81.8 Å². The first-order valence-electron chi connectivity index (χ1n) is 35.8. The molecule has 4 aliphatic rings. The molecular weight excluding hydrogens is 1430 g/mol. The molecule has 103 heavy (non-hydrogen) atoms. The summed E-state index contributed by atoms with van der Waals surface area (Å²) in [5, 5.41) is 16.0. The van der Waals surface area contributed by atoms with Crippen LogP contribution in [-0.4, -0.2) is 225 Å². The minimum absolute atomic E-state index is 0.0100. The van der Waals surface area contributed by atoms with Gasteiger partial charge in [-0.25, -0.2) is 29.1 Å². The van der Waals surface area contributed by atoms with Gasteiger partial charge in [0.15, 0.2) is 38.1 Å². The fourth-order valence-corrected chi connectivity index (χ4v) is 17.5. The number of amides is 4. The van der Waals surface area contributed by atoms with Crippen molar-refractivity contribution in [3.05, 3.63) is 77.0 Å². The van der Waals surface area contributed by atoms with Crippen molar-refractivity contribution in [1.29, 1.82) is 0 Å². The molecule has 4 amide bonds. The number of alkyl carbamates (subject to hydrolysis) is 1. The van der Waals surface area contributed by atoms with Gasteiger partial charge in [-0.1, -0.05) is 66.2 Å². The van der Waals surface area contributed by atoms with Gasteiger partial charge in [0.2, 0.25) is 11.8 Å². The van der Waals surface area contributed by atoms with Crippen LogP contribution in [0.3, 0.4) is 0 Å². The van der Waals surface area contributed by atoms with Crippen LogP contribution >= 0.6 is 14.3 Å². The number of imidazole rings is 1. The van der Waals surface area contributed by atoms with Crippen LogP contribution in [0.5, 0.6) is 0 Å². The Morgan fingerprint density at radius 2 is 1.47 bits per heavy atom. The molecule has 5 N–H and O–H groups in total. The van der Waals surface area contributed by atoms with Crippen LogP contribution in [0.25, 0.3) is 22.2 Å². The van der Waals surface area contributed by atoms with Crippen LogP contribution in [0, 0.1) is 0 Å². The highest BCUT2D eigenvalue weighted by Crippen LogP contribution is 2.58. The molecule has 8 heterocycles. The molecule has 0 aliphatic carbocycles. The molecule has 10 atom stereocenters. The Hall–Kier alpha value is -5.37. The lowest BCUT2D eigenvalue weighted by molar-refractivity contribution is -0.894. The molecule has 1 aromatic carbocycles. The van der Waals surface area contributed by atoms with E-state index in [1.807, 2.05) is 33.9 Å². The number of carbonyl (C=O) groups is 4. The number of nitrogens with one attached hydrogen (secondary N) is 4. The number of rotatable bonds is 31. The Labute approximate surface area is 610 Å². The third-order valence-electron chi connectivity index (χ3n) is 19.7. The van der Waals surface area contributed by atoms with Crippen molar-refractivity contribution in [3.63, 3.8) is 0 Å². The van der Waals surface area contributed by atoms with Gasteiger partial charge in [0.05, 0.1) is 108 Å². The summed E-state index contributed by atoms with van der Waals surface area (Å²) < 4.78 is 84.9. The maximum absolute atomic E-state index is 17.2. The first-order chi connectivity index (χ1) is 48.7. The summed E-state index contributed by atoms with van der Waals surface area (Å²) in [6, 6.07) is 8.87. The zero-order chi connectivity index (χ0) is 75.8. The van der Waals surface area contributed by atoms with Gasteiger partial charge in [-0.05, 0) is 121 Å². The Morgan fingerprint density at radius 3 is 2.07 bits per heavy atom. The number of quaternary nitrogens is 2. The molecule has 4 aromatic heterocycles. The fourth-order valence-electron chi connectivity index (χ4n) is 12.4. The number of nitrogens with zero attached hydrogens (tertiary/aromatic N) is 9. The average molecular weight is 1540 g/mol. The topological polar surface area (TPSA) is 348 Å². The third kappa shape index (κ3) is 22.2. The van der Waals surface area contributed by atoms with Crippen molar-refractivity contribution in [2.24, 2.45) is 0 Å². The number of hydrogen-bond acceptors (Lipinski definition) is 22. The molecule has 3 saturated heterocycles. The number of ether oxygens (including phenoxy) is 4. The predicted molar refractivity (Wildman–Crippen MR) is 392 cm³/mol. The Bertz CT molecular complexity index is 3740. The summed E-state index contributed by atoms with van der Waals surface area (Å²) >= 11 is 6.26. The molecular formula is C67H110FN13O17P2SSi2. The van der Waals surface area contributed by atoms with Crippen molar-refractivity contribution in [2.45, 2.75) is 200 Å². The van der Waals surface area contributed by atoms with Crippen LogP contribution in [0.15, 0.2) is 60.3 Å². The molecule has 3 fully saturated rings. The van der Waals surface area contributed by atoms with E-state index in [1.165, 1.54) is 83.8 Å². The van der Waals surface area contributed by atoms with E-state index in [1.54, 1.807) is 51.2 Å². The molecule has 0 saturated carbocycles. The maximum atomic E-state index is 17.2. The van der Waals surface area contributed by atoms with Gasteiger partial charge >= 0.3 is 12.8 Å². The van der Waals surface area contributed by atoms with Crippen LogP contribution in [0.4, 0.5) is 15.0 Å². The number of halogens is 1. The smallest absolute Gasteiger partial charge is 0.407 e. The lowest BCUT2D eigenvalue weighted by Crippen LogP contribution is -3.11. The molecule has 9 rings (SSSR count). The second kappa shape index (κ2) is 37.9. The highest BCUT2D eigenvalue weighted by Gasteiger charge is 2.55. The lowest BCUT2D eigenvalue weighted by atomic mass is 10.1. The largest absolute Gasteiger partial charge is 0.810 e. The Morgan fingerprint density at radius 1 is 0.816 bits per heavy atom. The molecule has 0 bridgehead atoms. The van der Waals surface area contributed by atoms with Gasteiger partial charge in [-0.15, -0.1) is 0 Å². The number of likely N-dealkylation sites (tertiary alicyclic amines) is 1. The molecule has 0 spiro atoms. The molecule has 4 aliphatic heterocycles. The van der Waals surface area contributed by atoms with Crippen LogP contribution < -0.4 is 40.7 Å². The molecule has 36 heteroatoms. The number of aliphatic hydroxyl groups is 1. The summed E-state index contributed by atoms with van der Waals surface area (Å²) in [5.74, 6) is -0.840. The zero-order valence-corrected chi connectivity index (χ0v) is 67.0. The van der Waals surface area contributed by atoms with Gasteiger partial charge in [0, 0.05) is 39.8 Å². The number of anilines is 1. The second-order valence-electron chi connectivity index (χ2n) is 28.8. The fraction of sp³-hybridized carbons (Fsp3) is 0.687. The third-order valence-corrected chi connectivity index (χ3v) is 29.5. The van der Waals surface area contributed by atoms with Gasteiger partial charge in [-0.2, -0.15) is 0 Å². The van der Waals surface area contributed by atoms with Crippen LogP contribution in [0.1, 0.15) is 117 Å². The number of aromatic nitrogens is 7. The Balaban J connectivity index is 0.000000961. The molecule has 0 unspecified atom stereocenters. The van der Waals surface area contributed by atoms with Crippen molar-refractivity contribution in [1.82, 2.24) is 49.2 Å². The van der Waals surface area contributed by atoms with Gasteiger partial charge in [-0.3, -0.25) is 37.7 Å². The number of fused-ring (bicyclic) bond motifs is 1. The van der Waals surface area contributed by atoms with Crippen molar-refractivity contribution < 1.29 is 89.8 Å². The minimum Gasteiger partial charge on any atom is -0.810 e. The number of hydrogen-bond donors (Lipinski definition) is 5. The van der Waals surface area contributed by atoms with E-state index >= 15 is 4.39 Å². The summed E-state index contributed by atoms with van der Waals surface area (Å²) in [5.41, 5.74) is -1.89. The van der Waals surface area contributed by atoms with Crippen LogP contribution in [0.2, 0.25) is 43.8 Å². The summed E-state index contributed by atoms with van der Waals surface area (Å²) in [6.07, 6.45) is -4.56. The average Bonchev–Trinajstić information content (AvgIpc) is 1.60. The number of alkyl halides is 1. The van der Waals surface area contributed by atoms with E-state index in [-0.39, 0.29) is 74.1 Å². The maximum Gasteiger partial charge on any atom is 0.407 e. The number of aryl methyl sites for hydroxylation is 1. The van der Waals surface area contributed by atoms with Crippen molar-refractivity contribution >= 4 is 94.3 Å². The molecule has 30 nitrogen and oxygen atoms in total. The van der Waals surface area contributed by atoms with Gasteiger partial charge in [0.25, 0.3) is 11.5 Å². The van der Waals surface area contributed by atoms with Gasteiger partial charge in [0.1, 0.15) is 55.7 Å². The molecule has 576 valence electrons. The summed E-state index contributed by atoms with van der Waals surface area (Å²) in [4.78, 5) is 116. The highest BCUT2D eigenvalue weighted by molar-refractivity contribution is 8.07. The van der Waals surface area contributed by atoms with E-state index in [4.69, 9.17) is 48.8 Å². The van der Waals surface area contributed by atoms with E-state index in [9.17, 15) is 43.4 Å². The van der Waals surface area contributed by atoms with E-state index in [0.29, 0.717) is 55.3 Å². The zero-order valence-electron chi connectivity index (χ0n) is 62.4. The van der Waals surface area contributed by atoms with E-state index < -0.39 is 121 Å². The number of benzene rings is 1. The standard InChI is InChI=1S/C55H80FN11O17P2SSi2.2C6H15N/c1-34(69)64-19-14-18-37(64)28-79-86(87,80-29-39-46(85(74,75)76)42(56)52(82-39)66-26-36-17-13-20-65(47-41(36)48(66)59-30-58-47)50(71)35-15-11-10-12-16-35)83-45-44(84-89(8,9)55(2,3)4)38(27-68)81-53(45)67-32-60-43-49(67)61-31-63(51(43)72)21-22-77-33-62-40(70)25-57-54(73)78-23-24-88(5,6)7;2*1-4-7(5-2)6-3/h10-12,15-16,26,30-32,37-39,42,44-46,52-53,68H,13-14,17-25,27-29,33H2,1-9H3,(H,57,73)(H,62,70)(H2,74,75,76);2*4-6H2,1-3H3/t37-,38-,39-,42+,44-,45-,46-,52-,53-,86-;;/m1../s1. The highest BCUT2D eigenvalue weighted by atomic mass is 32.5. The molecule has 5 aromatic rings. The summed E-state index contributed by atoms with van der Waals surface area (Å²) in [7, 11) is -10.2. The predicted octanol–water partition coefficient (Wildman–Crippen LogP) is 4.10.